The molecular weight excluding hydrogens is 448 g/mol. The Bertz CT molecular complexity index is 1190. The molecule has 0 radical (unpaired) electrons. The maximum absolute atomic E-state index is 12.9. The lowest BCUT2D eigenvalue weighted by molar-refractivity contribution is -0.126. The molecule has 0 bridgehead atoms. The third-order valence-electron chi connectivity index (χ3n) is 6.37. The molecule has 1 aliphatic heterocycles. The van der Waals surface area contributed by atoms with E-state index in [1.54, 1.807) is 6.20 Å². The average Bonchev–Trinajstić information content (AvgIpc) is 3.29. The van der Waals surface area contributed by atoms with Crippen LogP contribution in [0.2, 0.25) is 0 Å². The zero-order valence-corrected chi connectivity index (χ0v) is 20.4. The van der Waals surface area contributed by atoms with Gasteiger partial charge in [0.05, 0.1) is 11.7 Å². The van der Waals surface area contributed by atoms with Crippen LogP contribution in [0.5, 0.6) is 0 Å². The molecular formula is C26H32N4O3S. The Morgan fingerprint density at radius 2 is 1.85 bits per heavy atom. The summed E-state index contributed by atoms with van der Waals surface area (Å²) in [5.41, 5.74) is 3.16. The highest BCUT2D eigenvalue weighted by Crippen LogP contribution is 2.21. The number of nitrogens with zero attached hydrogens (tertiary/aromatic N) is 3. The molecule has 0 spiro atoms. The standard InChI is InChI=1S/C26H32N4O3S/c1-21-27-15-17-30(21)25-13-11-23(12-14-25)19-28-26(31)24-10-5-16-29(20-24)34(32,33)18-6-9-22-7-3-2-4-8-22/h2-4,7-8,11-15,17,24H,5-6,9-10,16,18-20H2,1H3,(H,28,31)/t24-/m0/s1. The second-order valence-corrected chi connectivity index (χ2v) is 10.9. The van der Waals surface area contributed by atoms with Crippen LogP contribution in [-0.4, -0.2) is 47.0 Å². The number of hydrogen-bond acceptors (Lipinski definition) is 4. The van der Waals surface area contributed by atoms with Gasteiger partial charge >= 0.3 is 0 Å². The number of rotatable bonds is 9. The van der Waals surface area contributed by atoms with Gasteiger partial charge in [0.2, 0.25) is 15.9 Å². The van der Waals surface area contributed by atoms with Crippen LogP contribution < -0.4 is 5.32 Å². The topological polar surface area (TPSA) is 84.3 Å². The molecule has 34 heavy (non-hydrogen) atoms. The fourth-order valence-electron chi connectivity index (χ4n) is 4.40. The molecule has 8 heteroatoms. The summed E-state index contributed by atoms with van der Waals surface area (Å²) < 4.78 is 29.2. The largest absolute Gasteiger partial charge is 0.352 e. The summed E-state index contributed by atoms with van der Waals surface area (Å²) in [6.07, 6.45) is 6.40. The highest BCUT2D eigenvalue weighted by molar-refractivity contribution is 7.89. The van der Waals surface area contributed by atoms with Gasteiger partial charge in [0, 0.05) is 37.7 Å². The Labute approximate surface area is 201 Å². The van der Waals surface area contributed by atoms with Gasteiger partial charge in [-0.2, -0.15) is 0 Å². The average molecular weight is 481 g/mol. The Hall–Kier alpha value is -2.97. The number of aromatic nitrogens is 2. The maximum Gasteiger partial charge on any atom is 0.224 e. The Balaban J connectivity index is 1.27. The Kier molecular flexibility index (Phi) is 7.80. The van der Waals surface area contributed by atoms with Gasteiger partial charge in [-0.05, 0) is 55.9 Å². The van der Waals surface area contributed by atoms with Gasteiger partial charge in [0.25, 0.3) is 0 Å². The summed E-state index contributed by atoms with van der Waals surface area (Å²) in [5, 5.41) is 2.99. The highest BCUT2D eigenvalue weighted by Gasteiger charge is 2.31. The van der Waals surface area contributed by atoms with Crippen molar-refractivity contribution in [3.63, 3.8) is 0 Å². The third kappa shape index (κ3) is 6.12. The molecule has 180 valence electrons. The Morgan fingerprint density at radius 3 is 2.56 bits per heavy atom. The van der Waals surface area contributed by atoms with Gasteiger partial charge in [0.1, 0.15) is 5.82 Å². The molecule has 1 aromatic heterocycles. The summed E-state index contributed by atoms with van der Waals surface area (Å²) >= 11 is 0. The van der Waals surface area contributed by atoms with E-state index in [1.165, 1.54) is 4.31 Å². The predicted octanol–water partition coefficient (Wildman–Crippen LogP) is 3.47. The van der Waals surface area contributed by atoms with Crippen LogP contribution in [0, 0.1) is 12.8 Å². The van der Waals surface area contributed by atoms with Crippen molar-refractivity contribution in [3.8, 4) is 5.69 Å². The number of nitrogens with one attached hydrogen (secondary N) is 1. The van der Waals surface area contributed by atoms with E-state index in [9.17, 15) is 13.2 Å². The van der Waals surface area contributed by atoms with Gasteiger partial charge in [-0.3, -0.25) is 4.79 Å². The van der Waals surface area contributed by atoms with Gasteiger partial charge in [-0.15, -0.1) is 0 Å². The first-order valence-corrected chi connectivity index (χ1v) is 13.4. The fourth-order valence-corrected chi connectivity index (χ4v) is 5.98. The van der Waals surface area contributed by atoms with Crippen molar-refractivity contribution in [3.05, 3.63) is 83.9 Å². The molecule has 2 heterocycles. The van der Waals surface area contributed by atoms with Crippen LogP contribution >= 0.6 is 0 Å². The smallest absolute Gasteiger partial charge is 0.224 e. The van der Waals surface area contributed by atoms with Gasteiger partial charge in [0.15, 0.2) is 0 Å². The number of carbonyl (C=O) groups is 1. The number of carbonyl (C=O) groups excluding carboxylic acids is 1. The van der Waals surface area contributed by atoms with E-state index in [0.29, 0.717) is 32.4 Å². The molecule has 3 aromatic rings. The minimum Gasteiger partial charge on any atom is -0.352 e. The molecule has 0 aliphatic carbocycles. The van der Waals surface area contributed by atoms with E-state index in [-0.39, 0.29) is 24.1 Å². The molecule has 1 N–H and O–H groups in total. The molecule has 0 unspecified atom stereocenters. The molecule has 1 saturated heterocycles. The van der Waals surface area contributed by atoms with Crippen molar-refractivity contribution in [2.45, 2.75) is 39.2 Å². The van der Waals surface area contributed by atoms with Crippen LogP contribution in [0.4, 0.5) is 0 Å². The number of piperidine rings is 1. The van der Waals surface area contributed by atoms with Crippen molar-refractivity contribution in [2.75, 3.05) is 18.8 Å². The summed E-state index contributed by atoms with van der Waals surface area (Å²) in [5.74, 6) is 0.626. The number of aryl methyl sites for hydroxylation is 2. The SMILES string of the molecule is Cc1nccn1-c1ccc(CNC(=O)[C@H]2CCCN(S(=O)(=O)CCCc3ccccc3)C2)cc1. The lowest BCUT2D eigenvalue weighted by Gasteiger charge is -2.31. The van der Waals surface area contributed by atoms with E-state index in [0.717, 1.165) is 29.1 Å². The first-order valence-electron chi connectivity index (χ1n) is 11.8. The quantitative estimate of drug-likeness (QED) is 0.508. The van der Waals surface area contributed by atoms with Crippen LogP contribution in [0.15, 0.2) is 67.0 Å². The van der Waals surface area contributed by atoms with Crippen LogP contribution in [0.3, 0.4) is 0 Å². The molecule has 4 rings (SSSR count). The summed E-state index contributed by atoms with van der Waals surface area (Å²) in [4.78, 5) is 17.0. The van der Waals surface area contributed by atoms with Crippen molar-refractivity contribution < 1.29 is 13.2 Å². The predicted molar refractivity (Wildman–Crippen MR) is 133 cm³/mol. The third-order valence-corrected chi connectivity index (χ3v) is 8.29. The maximum atomic E-state index is 12.9. The first kappa shape index (κ1) is 24.2. The highest BCUT2D eigenvalue weighted by atomic mass is 32.2. The summed E-state index contributed by atoms with van der Waals surface area (Å²) in [7, 11) is -3.37. The normalized spacial score (nSPS) is 16.9. The number of amides is 1. The molecule has 1 fully saturated rings. The number of imidazole rings is 1. The lowest BCUT2D eigenvalue weighted by Crippen LogP contribution is -2.46. The summed E-state index contributed by atoms with van der Waals surface area (Å²) in [6, 6.07) is 17.9. The first-order chi connectivity index (χ1) is 16.4. The molecule has 1 amide bonds. The van der Waals surface area contributed by atoms with Crippen molar-refractivity contribution in [1.29, 1.82) is 0 Å². The number of hydrogen-bond donors (Lipinski definition) is 1. The fraction of sp³-hybridized carbons (Fsp3) is 0.385. The van der Waals surface area contributed by atoms with E-state index >= 15 is 0 Å². The van der Waals surface area contributed by atoms with Crippen LogP contribution in [0.1, 0.15) is 36.2 Å². The van der Waals surface area contributed by atoms with Crippen molar-refractivity contribution >= 4 is 15.9 Å². The van der Waals surface area contributed by atoms with Crippen molar-refractivity contribution in [1.82, 2.24) is 19.2 Å². The van der Waals surface area contributed by atoms with Crippen LogP contribution in [0.25, 0.3) is 5.69 Å². The Morgan fingerprint density at radius 1 is 1.09 bits per heavy atom. The molecule has 0 saturated carbocycles. The molecule has 1 aliphatic rings. The van der Waals surface area contributed by atoms with E-state index in [1.807, 2.05) is 72.3 Å². The molecule has 2 aromatic carbocycles. The van der Waals surface area contributed by atoms with Gasteiger partial charge in [-0.1, -0.05) is 42.5 Å². The molecule has 7 nitrogen and oxygen atoms in total. The minimum absolute atomic E-state index is 0.0845. The van der Waals surface area contributed by atoms with E-state index in [2.05, 4.69) is 10.3 Å². The summed E-state index contributed by atoms with van der Waals surface area (Å²) in [6.45, 7) is 3.12. The van der Waals surface area contributed by atoms with Gasteiger partial charge < -0.3 is 9.88 Å². The van der Waals surface area contributed by atoms with Crippen LogP contribution in [-0.2, 0) is 27.8 Å². The number of benzene rings is 2. The lowest BCUT2D eigenvalue weighted by atomic mass is 9.99. The van der Waals surface area contributed by atoms with E-state index in [4.69, 9.17) is 0 Å². The minimum atomic E-state index is -3.37. The van der Waals surface area contributed by atoms with Gasteiger partial charge in [-0.25, -0.2) is 17.7 Å². The number of sulfonamides is 1. The zero-order chi connectivity index (χ0) is 24.0. The second kappa shape index (κ2) is 11.0. The van der Waals surface area contributed by atoms with E-state index < -0.39 is 10.0 Å². The van der Waals surface area contributed by atoms with Crippen molar-refractivity contribution in [2.24, 2.45) is 5.92 Å². The second-order valence-electron chi connectivity index (χ2n) is 8.83. The molecule has 1 atom stereocenters. The monoisotopic (exact) mass is 480 g/mol. The zero-order valence-electron chi connectivity index (χ0n) is 19.6.